The summed E-state index contributed by atoms with van der Waals surface area (Å²) in [5.74, 6) is -0.0810. The van der Waals surface area contributed by atoms with Gasteiger partial charge < -0.3 is 16.4 Å². The summed E-state index contributed by atoms with van der Waals surface area (Å²) in [5, 5.41) is 15.7. The number of nitrogens with two attached hydrogens (primary N) is 1. The summed E-state index contributed by atoms with van der Waals surface area (Å²) in [5.41, 5.74) is 5.02. The molecule has 0 unspecified atom stereocenters. The van der Waals surface area contributed by atoms with Crippen LogP contribution < -0.4 is 11.2 Å². The van der Waals surface area contributed by atoms with Crippen LogP contribution in [0.1, 0.15) is 0 Å². The van der Waals surface area contributed by atoms with Gasteiger partial charge in [0.1, 0.15) is 0 Å². The van der Waals surface area contributed by atoms with E-state index in [9.17, 15) is 0 Å². The number of nitrogens with one attached hydrogen (secondary N) is 1. The van der Waals surface area contributed by atoms with Crippen molar-refractivity contribution in [3.8, 4) is 0 Å². The Morgan fingerprint density at radius 2 is 2.30 bits per heavy atom. The van der Waals surface area contributed by atoms with Gasteiger partial charge in [-0.15, -0.1) is 4.73 Å². The molecule has 0 radical (unpaired) electrons. The third-order valence-corrected chi connectivity index (χ3v) is 0.884. The molecule has 0 atom stereocenters. The minimum atomic E-state index is -0.0810. The Bertz CT molecular complexity index is 268. The van der Waals surface area contributed by atoms with Crippen LogP contribution in [-0.2, 0) is 0 Å². The summed E-state index contributed by atoms with van der Waals surface area (Å²) in [4.78, 5) is 3.51. The molecule has 0 aromatic carbocycles. The Balaban J connectivity index is 0.000000810. The van der Waals surface area contributed by atoms with Crippen LogP contribution in [0.5, 0.6) is 0 Å². The zero-order valence-corrected chi connectivity index (χ0v) is 5.07. The van der Waals surface area contributed by atoms with Crippen LogP contribution in [0.4, 0.5) is 5.95 Å². The number of hydrogen-bond donors (Lipinski definition) is 3. The lowest BCUT2D eigenvalue weighted by Crippen LogP contribution is -2.20. The van der Waals surface area contributed by atoms with Gasteiger partial charge in [-0.2, -0.15) is 0 Å². The second-order valence-electron chi connectivity index (χ2n) is 1.50. The van der Waals surface area contributed by atoms with E-state index in [-0.39, 0.29) is 16.9 Å². The van der Waals surface area contributed by atoms with Crippen LogP contribution in [0.15, 0.2) is 12.3 Å². The predicted molar refractivity (Wildman–Crippen MR) is 33.3 cm³/mol. The van der Waals surface area contributed by atoms with Gasteiger partial charge in [0.2, 0.25) is 5.95 Å². The highest BCUT2D eigenvalue weighted by atomic mass is 16.5. The van der Waals surface area contributed by atoms with Gasteiger partial charge >= 0.3 is 0 Å². The first-order valence-corrected chi connectivity index (χ1v) is 2.29. The molecule has 1 rings (SSSR count). The van der Waals surface area contributed by atoms with Crippen molar-refractivity contribution < 1.29 is 10.7 Å². The normalized spacial score (nSPS) is 8.40. The standard InChI is InChI=1S/C4H6N4O.H2O/c5-3-1-2-7-4(6)8(3)9;/h1-2,5,9H,(H2,6,7);1H2. The van der Waals surface area contributed by atoms with E-state index in [2.05, 4.69) is 4.98 Å². The summed E-state index contributed by atoms with van der Waals surface area (Å²) < 4.78 is 0.500. The minimum absolute atomic E-state index is 0. The van der Waals surface area contributed by atoms with Crippen molar-refractivity contribution in [3.05, 3.63) is 17.8 Å². The van der Waals surface area contributed by atoms with Crippen molar-refractivity contribution in [3.63, 3.8) is 0 Å². The Morgan fingerprint density at radius 1 is 1.70 bits per heavy atom. The predicted octanol–water partition coefficient (Wildman–Crippen LogP) is -1.64. The Hall–Kier alpha value is -1.56. The quantitative estimate of drug-likeness (QED) is 0.378. The van der Waals surface area contributed by atoms with Crippen molar-refractivity contribution in [1.29, 1.82) is 5.41 Å². The third-order valence-electron chi connectivity index (χ3n) is 0.884. The van der Waals surface area contributed by atoms with E-state index in [4.69, 9.17) is 16.4 Å². The Kier molecular flexibility index (Phi) is 2.39. The molecule has 0 spiro atoms. The summed E-state index contributed by atoms with van der Waals surface area (Å²) in [7, 11) is 0. The van der Waals surface area contributed by atoms with E-state index in [0.29, 0.717) is 4.73 Å². The summed E-state index contributed by atoms with van der Waals surface area (Å²) in [6, 6.07) is 1.33. The van der Waals surface area contributed by atoms with Crippen molar-refractivity contribution in [2.45, 2.75) is 0 Å². The lowest BCUT2D eigenvalue weighted by molar-refractivity contribution is 0.174. The summed E-state index contributed by atoms with van der Waals surface area (Å²) in [6.07, 6.45) is 1.35. The van der Waals surface area contributed by atoms with Crippen molar-refractivity contribution in [2.75, 3.05) is 5.73 Å². The van der Waals surface area contributed by atoms with Crippen LogP contribution in [-0.4, -0.2) is 20.4 Å². The molecule has 0 amide bonds. The smallest absolute Gasteiger partial charge is 0.236 e. The zero-order valence-electron chi connectivity index (χ0n) is 5.07. The van der Waals surface area contributed by atoms with Gasteiger partial charge in [-0.3, -0.25) is 5.41 Å². The molecule has 10 heavy (non-hydrogen) atoms. The van der Waals surface area contributed by atoms with E-state index in [0.717, 1.165) is 0 Å². The maximum Gasteiger partial charge on any atom is 0.236 e. The molecule has 0 aliphatic carbocycles. The van der Waals surface area contributed by atoms with Gasteiger partial charge in [-0.05, 0) is 0 Å². The number of rotatable bonds is 0. The molecule has 6 heteroatoms. The summed E-state index contributed by atoms with van der Waals surface area (Å²) in [6.45, 7) is 0. The fraction of sp³-hybridized carbons (Fsp3) is 0. The molecule has 1 aromatic rings. The molecular weight excluding hydrogens is 136 g/mol. The summed E-state index contributed by atoms with van der Waals surface area (Å²) >= 11 is 0. The zero-order chi connectivity index (χ0) is 6.85. The number of nitrogen functional groups attached to an aromatic ring is 1. The van der Waals surface area contributed by atoms with Crippen LogP contribution >= 0.6 is 0 Å². The van der Waals surface area contributed by atoms with Gasteiger partial charge in [0.25, 0.3) is 0 Å². The molecule has 6 nitrogen and oxygen atoms in total. The molecule has 0 bridgehead atoms. The molecule has 6 N–H and O–H groups in total. The van der Waals surface area contributed by atoms with Crippen LogP contribution in [0.3, 0.4) is 0 Å². The minimum Gasteiger partial charge on any atom is -0.423 e. The van der Waals surface area contributed by atoms with Gasteiger partial charge in [0.05, 0.1) is 0 Å². The number of nitrogens with zero attached hydrogens (tertiary/aromatic N) is 2. The van der Waals surface area contributed by atoms with Gasteiger partial charge in [0.15, 0.2) is 5.49 Å². The van der Waals surface area contributed by atoms with Crippen LogP contribution in [0.25, 0.3) is 0 Å². The van der Waals surface area contributed by atoms with Crippen molar-refractivity contribution in [1.82, 2.24) is 9.71 Å². The van der Waals surface area contributed by atoms with Crippen molar-refractivity contribution in [2.24, 2.45) is 0 Å². The van der Waals surface area contributed by atoms with Gasteiger partial charge in [-0.25, -0.2) is 4.98 Å². The molecule has 0 saturated heterocycles. The Labute approximate surface area is 56.3 Å². The second-order valence-corrected chi connectivity index (χ2v) is 1.50. The number of hydrogen-bond acceptors (Lipinski definition) is 4. The average molecular weight is 144 g/mol. The highest BCUT2D eigenvalue weighted by Crippen LogP contribution is 1.83. The van der Waals surface area contributed by atoms with Gasteiger partial charge in [0, 0.05) is 12.3 Å². The SMILES string of the molecule is N=c1ccnc(N)n1O.O. The first kappa shape index (κ1) is 8.44. The molecule has 0 aliphatic rings. The van der Waals surface area contributed by atoms with E-state index >= 15 is 0 Å². The molecule has 0 aliphatic heterocycles. The van der Waals surface area contributed by atoms with Gasteiger partial charge in [-0.1, -0.05) is 0 Å². The molecule has 1 aromatic heterocycles. The van der Waals surface area contributed by atoms with E-state index in [1.807, 2.05) is 0 Å². The van der Waals surface area contributed by atoms with E-state index in [1.54, 1.807) is 0 Å². The maximum absolute atomic E-state index is 8.75. The topological polar surface area (TPSA) is 119 Å². The lowest BCUT2D eigenvalue weighted by Gasteiger charge is -1.97. The molecule has 1 heterocycles. The average Bonchev–Trinajstić information content (AvgIpc) is 1.83. The van der Waals surface area contributed by atoms with Crippen LogP contribution in [0.2, 0.25) is 0 Å². The fourth-order valence-electron chi connectivity index (χ4n) is 0.433. The largest absolute Gasteiger partial charge is 0.423 e. The van der Waals surface area contributed by atoms with E-state index < -0.39 is 0 Å². The highest BCUT2D eigenvalue weighted by molar-refractivity contribution is 5.12. The first-order chi connectivity index (χ1) is 4.22. The van der Waals surface area contributed by atoms with E-state index in [1.165, 1.54) is 12.3 Å². The lowest BCUT2D eigenvalue weighted by atomic mass is 10.6. The maximum atomic E-state index is 8.75. The van der Waals surface area contributed by atoms with Crippen molar-refractivity contribution >= 4 is 5.95 Å². The van der Waals surface area contributed by atoms with Crippen LogP contribution in [0, 0.1) is 5.41 Å². The highest BCUT2D eigenvalue weighted by Gasteiger charge is 1.90. The first-order valence-electron chi connectivity index (χ1n) is 2.29. The molecule has 0 saturated carbocycles. The molecule has 56 valence electrons. The number of anilines is 1. The Morgan fingerprint density at radius 3 is 2.70 bits per heavy atom. The molecular formula is C4H8N4O2. The monoisotopic (exact) mass is 144 g/mol. The molecule has 0 fully saturated rings. The number of aromatic nitrogens is 2. The third kappa shape index (κ3) is 1.23. The fourth-order valence-corrected chi connectivity index (χ4v) is 0.433. The second kappa shape index (κ2) is 2.83.